The molecule has 1 N–H and O–H groups in total. The van der Waals surface area contributed by atoms with Gasteiger partial charge in [0.25, 0.3) is 0 Å². The van der Waals surface area contributed by atoms with E-state index in [1.165, 1.54) is 19.3 Å². The van der Waals surface area contributed by atoms with Gasteiger partial charge in [0.05, 0.1) is 14.0 Å². The van der Waals surface area contributed by atoms with Gasteiger partial charge in [0.2, 0.25) is 0 Å². The lowest BCUT2D eigenvalue weighted by Crippen LogP contribution is -2.48. The van der Waals surface area contributed by atoms with Gasteiger partial charge in [-0.1, -0.05) is 26.4 Å². The summed E-state index contributed by atoms with van der Waals surface area (Å²) in [6.07, 6.45) is 6.70. The molecule has 2 atom stereocenters. The molecule has 0 bridgehead atoms. The van der Waals surface area contributed by atoms with Crippen LogP contribution in [0.25, 0.3) is 0 Å². The van der Waals surface area contributed by atoms with E-state index >= 15 is 0 Å². The van der Waals surface area contributed by atoms with Crippen LogP contribution in [0.3, 0.4) is 0 Å². The third kappa shape index (κ3) is 3.57. The van der Waals surface area contributed by atoms with Gasteiger partial charge in [-0.2, -0.15) is 0 Å². The van der Waals surface area contributed by atoms with Gasteiger partial charge in [0.15, 0.2) is 0 Å². The second kappa shape index (κ2) is 6.77. The lowest BCUT2D eigenvalue weighted by atomic mass is 9.92. The number of ether oxygens (including phenoxy) is 1. The number of hydrogen-bond acceptors (Lipinski definition) is 2. The van der Waals surface area contributed by atoms with Crippen LogP contribution in [0.5, 0.6) is 0 Å². The first kappa shape index (κ1) is 14.2. The Morgan fingerprint density at radius 2 is 2.19 bits per heavy atom. The highest BCUT2D eigenvalue weighted by molar-refractivity contribution is 6.59. The van der Waals surface area contributed by atoms with Crippen LogP contribution in [0.4, 0.5) is 0 Å². The molecule has 0 aromatic carbocycles. The molecule has 1 radical (unpaired) electrons. The maximum absolute atomic E-state index is 9.06. The molecule has 16 heavy (non-hydrogen) atoms. The molecular formula is C13H27O2Si. The molecule has 0 aromatic heterocycles. The van der Waals surface area contributed by atoms with E-state index in [9.17, 15) is 0 Å². The molecule has 0 spiro atoms. The zero-order chi connectivity index (χ0) is 12.0. The molecule has 2 unspecified atom stereocenters. The summed E-state index contributed by atoms with van der Waals surface area (Å²) < 4.78 is 6.16. The standard InChI is InChI=1S/C13H27O2Si/c1-4-12(7-9-14)11-13(16(2)3)8-5-6-10-15-13/h12,14,16H,1,4-11H2,2-3H3. The Morgan fingerprint density at radius 1 is 1.44 bits per heavy atom. The van der Waals surface area contributed by atoms with Gasteiger partial charge in [-0.25, -0.2) is 0 Å². The summed E-state index contributed by atoms with van der Waals surface area (Å²) in [7, 11) is -0.814. The fourth-order valence-electron chi connectivity index (χ4n) is 2.75. The monoisotopic (exact) mass is 243 g/mol. The zero-order valence-electron chi connectivity index (χ0n) is 10.9. The van der Waals surface area contributed by atoms with Gasteiger partial charge in [-0.3, -0.25) is 0 Å². The lowest BCUT2D eigenvalue weighted by Gasteiger charge is -2.42. The number of aliphatic hydroxyl groups excluding tert-OH is 1. The van der Waals surface area contributed by atoms with E-state index in [1.54, 1.807) is 0 Å². The minimum absolute atomic E-state index is 0.190. The first-order chi connectivity index (χ1) is 7.64. The smallest absolute Gasteiger partial charge is 0.0695 e. The van der Waals surface area contributed by atoms with Crippen LogP contribution in [-0.2, 0) is 4.74 Å². The summed E-state index contributed by atoms with van der Waals surface area (Å²) in [5.74, 6) is 0.540. The first-order valence-corrected chi connectivity index (χ1v) is 9.57. The Morgan fingerprint density at radius 3 is 2.62 bits per heavy atom. The summed E-state index contributed by atoms with van der Waals surface area (Å²) in [4.78, 5) is 0. The molecule has 95 valence electrons. The fourth-order valence-corrected chi connectivity index (χ4v) is 4.78. The molecule has 0 saturated carbocycles. The van der Waals surface area contributed by atoms with E-state index in [1.807, 2.05) is 0 Å². The number of rotatable bonds is 6. The SMILES string of the molecule is [CH2]CC(CCO)CC1([SiH](C)C)CCCCO1. The van der Waals surface area contributed by atoms with Crippen molar-refractivity contribution >= 4 is 8.80 Å². The first-order valence-electron chi connectivity index (χ1n) is 6.68. The molecule has 1 heterocycles. The molecule has 0 amide bonds. The Hall–Kier alpha value is 0.137. The van der Waals surface area contributed by atoms with Gasteiger partial charge in [0.1, 0.15) is 0 Å². The summed E-state index contributed by atoms with van der Waals surface area (Å²) in [6, 6.07) is 0. The zero-order valence-corrected chi connectivity index (χ0v) is 12.0. The van der Waals surface area contributed by atoms with Crippen molar-refractivity contribution in [2.24, 2.45) is 5.92 Å². The molecule has 1 aliphatic heterocycles. The predicted molar refractivity (Wildman–Crippen MR) is 71.2 cm³/mol. The normalized spacial score (nSPS) is 28.3. The van der Waals surface area contributed by atoms with Gasteiger partial charge in [-0.15, -0.1) is 0 Å². The maximum atomic E-state index is 9.06. The van der Waals surface area contributed by atoms with Gasteiger partial charge < -0.3 is 9.84 Å². The minimum atomic E-state index is -0.814. The van der Waals surface area contributed by atoms with E-state index in [4.69, 9.17) is 9.84 Å². The van der Waals surface area contributed by atoms with E-state index in [-0.39, 0.29) is 11.8 Å². The molecule has 0 aliphatic carbocycles. The highest BCUT2D eigenvalue weighted by Gasteiger charge is 2.38. The Kier molecular flexibility index (Phi) is 6.01. The molecule has 1 fully saturated rings. The molecule has 1 saturated heterocycles. The highest BCUT2D eigenvalue weighted by Crippen LogP contribution is 2.35. The lowest BCUT2D eigenvalue weighted by molar-refractivity contribution is -0.0387. The quantitative estimate of drug-likeness (QED) is 0.727. The van der Waals surface area contributed by atoms with Gasteiger partial charge in [-0.05, 0) is 38.0 Å². The van der Waals surface area contributed by atoms with Crippen molar-refractivity contribution in [2.45, 2.75) is 56.8 Å². The average Bonchev–Trinajstić information content (AvgIpc) is 2.29. The van der Waals surface area contributed by atoms with E-state index in [0.717, 1.165) is 25.9 Å². The molecular weight excluding hydrogens is 216 g/mol. The summed E-state index contributed by atoms with van der Waals surface area (Å²) in [6.45, 7) is 10.0. The number of aliphatic hydroxyl groups is 1. The molecule has 3 heteroatoms. The van der Waals surface area contributed by atoms with Crippen molar-refractivity contribution in [1.82, 2.24) is 0 Å². The van der Waals surface area contributed by atoms with Crippen LogP contribution < -0.4 is 0 Å². The number of hydrogen-bond donors (Lipinski definition) is 1. The van der Waals surface area contributed by atoms with Crippen molar-refractivity contribution in [2.75, 3.05) is 13.2 Å². The average molecular weight is 243 g/mol. The van der Waals surface area contributed by atoms with Gasteiger partial charge >= 0.3 is 0 Å². The van der Waals surface area contributed by atoms with Crippen LogP contribution >= 0.6 is 0 Å². The molecule has 1 aliphatic rings. The topological polar surface area (TPSA) is 29.5 Å². The molecule has 1 rings (SSSR count). The highest BCUT2D eigenvalue weighted by atomic mass is 28.3. The molecule has 0 aromatic rings. The van der Waals surface area contributed by atoms with Crippen LogP contribution in [0.15, 0.2) is 0 Å². The summed E-state index contributed by atoms with van der Waals surface area (Å²) >= 11 is 0. The summed E-state index contributed by atoms with van der Waals surface area (Å²) in [5, 5.41) is 9.25. The van der Waals surface area contributed by atoms with Crippen molar-refractivity contribution in [3.05, 3.63) is 6.92 Å². The van der Waals surface area contributed by atoms with Crippen LogP contribution in [0, 0.1) is 12.8 Å². The maximum Gasteiger partial charge on any atom is 0.0695 e. The van der Waals surface area contributed by atoms with E-state index in [2.05, 4.69) is 20.0 Å². The molecule has 2 nitrogen and oxygen atoms in total. The van der Waals surface area contributed by atoms with Crippen molar-refractivity contribution in [3.63, 3.8) is 0 Å². The van der Waals surface area contributed by atoms with Crippen LogP contribution in [0.2, 0.25) is 13.1 Å². The van der Waals surface area contributed by atoms with Crippen molar-refractivity contribution in [1.29, 1.82) is 0 Å². The van der Waals surface area contributed by atoms with E-state index < -0.39 is 8.80 Å². The second-order valence-corrected chi connectivity index (χ2v) is 8.76. The van der Waals surface area contributed by atoms with Crippen molar-refractivity contribution < 1.29 is 9.84 Å². The fraction of sp³-hybridized carbons (Fsp3) is 0.923. The van der Waals surface area contributed by atoms with Gasteiger partial charge in [0, 0.05) is 13.2 Å². The van der Waals surface area contributed by atoms with E-state index in [0.29, 0.717) is 5.92 Å². The van der Waals surface area contributed by atoms with Crippen LogP contribution in [0.1, 0.15) is 38.5 Å². The Labute approximate surface area is 102 Å². The summed E-state index contributed by atoms with van der Waals surface area (Å²) in [5.41, 5.74) is 0. The Bertz CT molecular complexity index is 188. The third-order valence-electron chi connectivity index (χ3n) is 4.02. The predicted octanol–water partition coefficient (Wildman–Crippen LogP) is 2.56. The van der Waals surface area contributed by atoms with Crippen LogP contribution in [-0.4, -0.2) is 32.3 Å². The third-order valence-corrected chi connectivity index (χ3v) is 6.81. The second-order valence-electron chi connectivity index (χ2n) is 5.40. The Balaban J connectivity index is 2.61. The minimum Gasteiger partial charge on any atom is -0.396 e. The van der Waals surface area contributed by atoms with Crippen molar-refractivity contribution in [3.8, 4) is 0 Å². The largest absolute Gasteiger partial charge is 0.396 e.